The molecule has 4 aliphatic rings. The zero-order valence-corrected chi connectivity index (χ0v) is 14.1. The summed E-state index contributed by atoms with van der Waals surface area (Å²) in [5.41, 5.74) is 3.89. The third kappa shape index (κ3) is 1.92. The SMILES string of the molecule is [3H]c1cc(OC)cc2c3c([nH]c12)[C@@H]1C[C@H]2C[C@H](CC)[C@@H]1N(CC3)C2. The second-order valence-corrected chi connectivity index (χ2v) is 7.69. The maximum absolute atomic E-state index is 8.38. The minimum atomic E-state index is 0.558. The van der Waals surface area contributed by atoms with Crippen LogP contribution >= 0.6 is 0 Å². The molecule has 1 aromatic carbocycles. The molecule has 1 saturated carbocycles. The Bertz CT molecular complexity index is 799. The number of aromatic amines is 1. The lowest BCUT2D eigenvalue weighted by molar-refractivity contribution is -0.0134. The van der Waals surface area contributed by atoms with Crippen LogP contribution in [0.2, 0.25) is 0 Å². The lowest BCUT2D eigenvalue weighted by Crippen LogP contribution is -2.56. The Morgan fingerprint density at radius 2 is 2.35 bits per heavy atom. The summed E-state index contributed by atoms with van der Waals surface area (Å²) in [6, 6.07) is 5.21. The van der Waals surface area contributed by atoms with E-state index in [1.807, 2.05) is 6.07 Å². The number of aromatic nitrogens is 1. The first-order chi connectivity index (χ1) is 11.7. The van der Waals surface area contributed by atoms with E-state index in [9.17, 15) is 0 Å². The number of hydrogen-bond acceptors (Lipinski definition) is 2. The Morgan fingerprint density at radius 1 is 1.43 bits per heavy atom. The van der Waals surface area contributed by atoms with E-state index in [0.29, 0.717) is 18.0 Å². The molecular weight excluding hydrogens is 284 g/mol. The predicted octanol–water partition coefficient (Wildman–Crippen LogP) is 3.94. The molecule has 0 radical (unpaired) electrons. The van der Waals surface area contributed by atoms with Gasteiger partial charge in [-0.25, -0.2) is 0 Å². The smallest absolute Gasteiger partial charge is 0.119 e. The molecule has 4 bridgehead atoms. The van der Waals surface area contributed by atoms with Crippen LogP contribution in [0.3, 0.4) is 0 Å². The Balaban J connectivity index is 1.69. The van der Waals surface area contributed by atoms with Crippen molar-refractivity contribution in [3.63, 3.8) is 0 Å². The van der Waals surface area contributed by atoms with E-state index < -0.39 is 0 Å². The van der Waals surface area contributed by atoms with E-state index >= 15 is 0 Å². The number of ether oxygens (including phenoxy) is 1. The summed E-state index contributed by atoms with van der Waals surface area (Å²) in [7, 11) is 1.69. The summed E-state index contributed by atoms with van der Waals surface area (Å²) < 4.78 is 13.8. The van der Waals surface area contributed by atoms with Crippen molar-refractivity contribution in [2.45, 2.75) is 44.6 Å². The fraction of sp³-hybridized carbons (Fsp3) is 0.600. The Kier molecular flexibility index (Phi) is 2.80. The molecule has 23 heavy (non-hydrogen) atoms. The standard InChI is InChI=1S/C20H26N2O/c1-3-13-8-12-9-17-19-15(6-7-22(11-12)20(13)17)16-10-14(23-2)4-5-18(16)21-19/h4-5,10,12-13,17,20-21H,3,6-9,11H2,1-2H3/t12-,13+,17+,20+/m1/s1/i5T. The summed E-state index contributed by atoms with van der Waals surface area (Å²) in [6.45, 7) is 4.82. The molecule has 3 aliphatic heterocycles. The highest BCUT2D eigenvalue weighted by molar-refractivity contribution is 5.86. The maximum atomic E-state index is 8.38. The fourth-order valence-corrected chi connectivity index (χ4v) is 5.72. The largest absolute Gasteiger partial charge is 0.497 e. The van der Waals surface area contributed by atoms with Gasteiger partial charge in [-0.1, -0.05) is 13.3 Å². The van der Waals surface area contributed by atoms with E-state index in [2.05, 4.69) is 22.9 Å². The van der Waals surface area contributed by atoms with E-state index in [1.54, 1.807) is 7.11 Å². The summed E-state index contributed by atoms with van der Waals surface area (Å²) in [5.74, 6) is 3.12. The molecular formula is C20H26N2O. The minimum absolute atomic E-state index is 0.558. The lowest BCUT2D eigenvalue weighted by Gasteiger charge is -2.53. The molecule has 1 N–H and O–H groups in total. The molecule has 2 saturated heterocycles. The highest BCUT2D eigenvalue weighted by Crippen LogP contribution is 2.51. The molecule has 1 unspecified atom stereocenters. The number of rotatable bonds is 2. The maximum Gasteiger partial charge on any atom is 0.119 e. The van der Waals surface area contributed by atoms with Crippen molar-refractivity contribution >= 4 is 10.9 Å². The highest BCUT2D eigenvalue weighted by atomic mass is 16.5. The van der Waals surface area contributed by atoms with Gasteiger partial charge in [0.05, 0.1) is 8.48 Å². The first-order valence-corrected chi connectivity index (χ1v) is 9.12. The molecule has 122 valence electrons. The average molecular weight is 312 g/mol. The molecule has 0 spiro atoms. The van der Waals surface area contributed by atoms with Gasteiger partial charge in [0.25, 0.3) is 0 Å². The molecule has 5 atom stereocenters. The summed E-state index contributed by atoms with van der Waals surface area (Å²) in [5, 5.41) is 1.21. The van der Waals surface area contributed by atoms with Crippen LogP contribution in [0.15, 0.2) is 18.2 Å². The van der Waals surface area contributed by atoms with Crippen molar-refractivity contribution < 1.29 is 6.11 Å². The van der Waals surface area contributed by atoms with Gasteiger partial charge >= 0.3 is 0 Å². The molecule has 6 rings (SSSR count). The van der Waals surface area contributed by atoms with Gasteiger partial charge < -0.3 is 9.72 Å². The van der Waals surface area contributed by atoms with Crippen LogP contribution in [-0.2, 0) is 6.42 Å². The third-order valence-corrected chi connectivity index (χ3v) is 6.64. The lowest BCUT2D eigenvalue weighted by atomic mass is 9.65. The number of fused-ring (bicyclic) bond motifs is 4. The topological polar surface area (TPSA) is 28.3 Å². The van der Waals surface area contributed by atoms with Gasteiger partial charge in [0.15, 0.2) is 0 Å². The number of piperidine rings is 2. The van der Waals surface area contributed by atoms with Crippen LogP contribution in [0.4, 0.5) is 0 Å². The highest BCUT2D eigenvalue weighted by Gasteiger charge is 2.48. The van der Waals surface area contributed by atoms with E-state index in [0.717, 1.165) is 29.5 Å². The molecule has 2 aromatic rings. The number of nitrogens with one attached hydrogen (secondary N) is 1. The van der Waals surface area contributed by atoms with Crippen molar-refractivity contribution in [3.8, 4) is 5.75 Å². The zero-order chi connectivity index (χ0) is 16.4. The van der Waals surface area contributed by atoms with Gasteiger partial charge in [-0.15, -0.1) is 0 Å². The zero-order valence-electron chi connectivity index (χ0n) is 15.1. The Hall–Kier alpha value is -1.48. The van der Waals surface area contributed by atoms with Gasteiger partial charge in [0.2, 0.25) is 0 Å². The van der Waals surface area contributed by atoms with Gasteiger partial charge in [0.1, 0.15) is 5.75 Å². The summed E-state index contributed by atoms with van der Waals surface area (Å²) in [6.07, 6.45) is 5.13. The molecule has 1 aromatic heterocycles. The van der Waals surface area contributed by atoms with Crippen molar-refractivity contribution in [2.24, 2.45) is 11.8 Å². The van der Waals surface area contributed by atoms with Gasteiger partial charge in [-0.3, -0.25) is 4.90 Å². The van der Waals surface area contributed by atoms with Crippen LogP contribution in [-0.4, -0.2) is 36.1 Å². The van der Waals surface area contributed by atoms with E-state index in [4.69, 9.17) is 6.11 Å². The predicted molar refractivity (Wildman–Crippen MR) is 93.2 cm³/mol. The first kappa shape index (κ1) is 12.9. The Labute approximate surface area is 139 Å². The Morgan fingerprint density at radius 3 is 3.17 bits per heavy atom. The number of nitrogens with zero attached hydrogens (tertiary/aromatic N) is 1. The van der Waals surface area contributed by atoms with Crippen molar-refractivity contribution in [3.05, 3.63) is 29.4 Å². The van der Waals surface area contributed by atoms with Crippen LogP contribution < -0.4 is 4.74 Å². The number of methoxy groups -OCH3 is 1. The number of hydrogen-bond donors (Lipinski definition) is 1. The van der Waals surface area contributed by atoms with E-state index in [-0.39, 0.29) is 0 Å². The second kappa shape index (κ2) is 5.01. The quantitative estimate of drug-likeness (QED) is 0.910. The van der Waals surface area contributed by atoms with E-state index in [1.165, 1.54) is 49.0 Å². The summed E-state index contributed by atoms with van der Waals surface area (Å²) >= 11 is 0. The van der Waals surface area contributed by atoms with Gasteiger partial charge in [-0.05, 0) is 54.8 Å². The van der Waals surface area contributed by atoms with Crippen molar-refractivity contribution in [1.29, 1.82) is 0 Å². The fourth-order valence-electron chi connectivity index (χ4n) is 5.72. The molecule has 3 heteroatoms. The van der Waals surface area contributed by atoms with Crippen LogP contribution in [0.1, 0.15) is 44.7 Å². The number of benzene rings is 1. The molecule has 1 aliphatic carbocycles. The monoisotopic (exact) mass is 312 g/mol. The molecule has 3 nitrogen and oxygen atoms in total. The second-order valence-electron chi connectivity index (χ2n) is 7.69. The minimum Gasteiger partial charge on any atom is -0.497 e. The normalized spacial score (nSPS) is 35.7. The third-order valence-electron chi connectivity index (χ3n) is 6.64. The molecule has 0 amide bonds. The first-order valence-electron chi connectivity index (χ1n) is 9.62. The molecule has 3 fully saturated rings. The van der Waals surface area contributed by atoms with Crippen LogP contribution in [0.5, 0.6) is 5.75 Å². The van der Waals surface area contributed by atoms with Crippen LogP contribution in [0.25, 0.3) is 10.9 Å². The summed E-state index contributed by atoms with van der Waals surface area (Å²) in [4.78, 5) is 6.47. The van der Waals surface area contributed by atoms with Gasteiger partial charge in [-0.2, -0.15) is 0 Å². The molecule has 4 heterocycles. The van der Waals surface area contributed by atoms with Crippen molar-refractivity contribution in [1.82, 2.24) is 9.88 Å². The van der Waals surface area contributed by atoms with Crippen molar-refractivity contribution in [2.75, 3.05) is 20.2 Å². The van der Waals surface area contributed by atoms with Crippen LogP contribution in [0, 0.1) is 11.8 Å². The van der Waals surface area contributed by atoms with Gasteiger partial charge in [0, 0.05) is 41.6 Å². The number of H-pyrrole nitrogens is 1. The average Bonchev–Trinajstić information content (AvgIpc) is 2.93.